The molecule has 0 bridgehead atoms. The Kier molecular flexibility index (Phi) is 5.85. The van der Waals surface area contributed by atoms with Gasteiger partial charge in [-0.3, -0.25) is 4.79 Å². The second-order valence-corrected chi connectivity index (χ2v) is 8.02. The molecule has 0 aromatic heterocycles. The third-order valence-corrected chi connectivity index (χ3v) is 5.52. The van der Waals surface area contributed by atoms with Crippen molar-refractivity contribution in [2.75, 3.05) is 18.5 Å². The standard InChI is InChI=1S/C26H28N2O3/c1-19(2)28-25(29)21-13-7-9-15-23(21)27-26(28,3)22-14-8-10-16-24(22)31-18-17-30-20-11-5-4-6-12-20/h4-16,19,27H,17-18H2,1-3H3. The molecule has 0 fully saturated rings. The van der Waals surface area contributed by atoms with E-state index in [1.807, 2.05) is 105 Å². The number of rotatable bonds is 7. The quantitative estimate of drug-likeness (QED) is 0.532. The monoisotopic (exact) mass is 416 g/mol. The summed E-state index contributed by atoms with van der Waals surface area (Å²) in [6.07, 6.45) is 0. The Morgan fingerprint density at radius 1 is 0.871 bits per heavy atom. The van der Waals surface area contributed by atoms with Gasteiger partial charge in [-0.05, 0) is 51.1 Å². The van der Waals surface area contributed by atoms with E-state index in [0.29, 0.717) is 18.8 Å². The van der Waals surface area contributed by atoms with Gasteiger partial charge in [-0.15, -0.1) is 0 Å². The number of benzene rings is 3. The number of ether oxygens (including phenoxy) is 2. The largest absolute Gasteiger partial charge is 0.490 e. The molecule has 1 aliphatic heterocycles. The van der Waals surface area contributed by atoms with Crippen LogP contribution in [0.15, 0.2) is 78.9 Å². The van der Waals surface area contributed by atoms with Gasteiger partial charge in [0.25, 0.3) is 5.91 Å². The van der Waals surface area contributed by atoms with Gasteiger partial charge in [0, 0.05) is 17.3 Å². The molecule has 0 saturated heterocycles. The minimum Gasteiger partial charge on any atom is -0.490 e. The van der Waals surface area contributed by atoms with Crippen molar-refractivity contribution in [1.82, 2.24) is 4.90 Å². The summed E-state index contributed by atoms with van der Waals surface area (Å²) in [5.41, 5.74) is 1.67. The normalized spacial score (nSPS) is 17.8. The molecular formula is C26H28N2O3. The predicted octanol–water partition coefficient (Wildman–Crippen LogP) is 5.29. The number of hydrogen-bond acceptors (Lipinski definition) is 4. The molecule has 0 aliphatic carbocycles. The summed E-state index contributed by atoms with van der Waals surface area (Å²) in [7, 11) is 0. The maximum atomic E-state index is 13.4. The third kappa shape index (κ3) is 4.08. The van der Waals surface area contributed by atoms with E-state index in [1.54, 1.807) is 0 Å². The Morgan fingerprint density at radius 2 is 1.52 bits per heavy atom. The summed E-state index contributed by atoms with van der Waals surface area (Å²) in [5.74, 6) is 1.55. The Balaban J connectivity index is 1.60. The minimum atomic E-state index is -0.753. The van der Waals surface area contributed by atoms with Crippen molar-refractivity contribution >= 4 is 11.6 Å². The predicted molar refractivity (Wildman–Crippen MR) is 123 cm³/mol. The van der Waals surface area contributed by atoms with Gasteiger partial charge in [-0.25, -0.2) is 0 Å². The molecule has 5 heteroatoms. The third-order valence-electron chi connectivity index (χ3n) is 5.52. The maximum absolute atomic E-state index is 13.4. The van der Waals surface area contributed by atoms with E-state index in [0.717, 1.165) is 22.7 Å². The summed E-state index contributed by atoms with van der Waals surface area (Å²) < 4.78 is 11.9. The second kappa shape index (κ2) is 8.72. The fraction of sp³-hybridized carbons (Fsp3) is 0.269. The van der Waals surface area contributed by atoms with Crippen molar-refractivity contribution in [3.05, 3.63) is 90.0 Å². The fourth-order valence-electron chi connectivity index (χ4n) is 4.20. The Morgan fingerprint density at radius 3 is 2.29 bits per heavy atom. The van der Waals surface area contributed by atoms with Crippen LogP contribution in [0, 0.1) is 0 Å². The van der Waals surface area contributed by atoms with Crippen LogP contribution in [0.5, 0.6) is 11.5 Å². The molecule has 0 saturated carbocycles. The van der Waals surface area contributed by atoms with Gasteiger partial charge >= 0.3 is 0 Å². The molecule has 0 radical (unpaired) electrons. The molecule has 31 heavy (non-hydrogen) atoms. The highest BCUT2D eigenvalue weighted by molar-refractivity contribution is 6.02. The van der Waals surface area contributed by atoms with Crippen LogP contribution < -0.4 is 14.8 Å². The highest BCUT2D eigenvalue weighted by Crippen LogP contribution is 2.42. The molecule has 4 rings (SSSR count). The van der Waals surface area contributed by atoms with Crippen LogP contribution >= 0.6 is 0 Å². The van der Waals surface area contributed by atoms with Gasteiger partial charge < -0.3 is 19.7 Å². The van der Waals surface area contributed by atoms with Gasteiger partial charge in [0.1, 0.15) is 30.4 Å². The van der Waals surface area contributed by atoms with E-state index >= 15 is 0 Å². The van der Waals surface area contributed by atoms with Crippen LogP contribution in [0.25, 0.3) is 0 Å². The van der Waals surface area contributed by atoms with E-state index < -0.39 is 5.66 Å². The fourth-order valence-corrected chi connectivity index (χ4v) is 4.20. The number of carbonyl (C=O) groups is 1. The average molecular weight is 417 g/mol. The van der Waals surface area contributed by atoms with E-state index in [-0.39, 0.29) is 11.9 Å². The smallest absolute Gasteiger partial charge is 0.258 e. The van der Waals surface area contributed by atoms with Crippen LogP contribution in [-0.4, -0.2) is 30.1 Å². The molecular weight excluding hydrogens is 388 g/mol. The molecule has 1 aliphatic rings. The zero-order valence-corrected chi connectivity index (χ0v) is 18.2. The van der Waals surface area contributed by atoms with Crippen molar-refractivity contribution < 1.29 is 14.3 Å². The Bertz CT molecular complexity index is 1050. The van der Waals surface area contributed by atoms with Crippen LogP contribution in [0.4, 0.5) is 5.69 Å². The molecule has 5 nitrogen and oxygen atoms in total. The topological polar surface area (TPSA) is 50.8 Å². The first kappa shape index (κ1) is 20.8. The summed E-state index contributed by atoms with van der Waals surface area (Å²) in [5, 5.41) is 3.60. The van der Waals surface area contributed by atoms with Gasteiger partial charge in [0.2, 0.25) is 0 Å². The molecule has 1 amide bonds. The van der Waals surface area contributed by atoms with E-state index in [2.05, 4.69) is 5.32 Å². The molecule has 3 aromatic carbocycles. The number of hydrogen-bond donors (Lipinski definition) is 1. The molecule has 3 aromatic rings. The summed E-state index contributed by atoms with van der Waals surface area (Å²) >= 11 is 0. The van der Waals surface area contributed by atoms with Gasteiger partial charge in [-0.2, -0.15) is 0 Å². The van der Waals surface area contributed by atoms with Crippen molar-refractivity contribution in [1.29, 1.82) is 0 Å². The van der Waals surface area contributed by atoms with Gasteiger partial charge in [-0.1, -0.05) is 48.5 Å². The van der Waals surface area contributed by atoms with Crippen molar-refractivity contribution in [3.8, 4) is 11.5 Å². The van der Waals surface area contributed by atoms with E-state index in [4.69, 9.17) is 9.47 Å². The number of nitrogens with one attached hydrogen (secondary N) is 1. The summed E-state index contributed by atoms with van der Waals surface area (Å²) in [6.45, 7) is 6.92. The zero-order valence-electron chi connectivity index (χ0n) is 18.2. The Labute approximate surface area is 183 Å². The molecule has 160 valence electrons. The van der Waals surface area contributed by atoms with Crippen molar-refractivity contribution in [3.63, 3.8) is 0 Å². The first-order chi connectivity index (χ1) is 15.0. The van der Waals surface area contributed by atoms with Gasteiger partial charge in [0.15, 0.2) is 0 Å². The van der Waals surface area contributed by atoms with Crippen molar-refractivity contribution in [2.45, 2.75) is 32.5 Å². The summed E-state index contributed by atoms with van der Waals surface area (Å²) in [4.78, 5) is 15.3. The van der Waals surface area contributed by atoms with Crippen molar-refractivity contribution in [2.24, 2.45) is 0 Å². The lowest BCUT2D eigenvalue weighted by Crippen LogP contribution is -2.58. The van der Waals surface area contributed by atoms with Crippen LogP contribution in [0.3, 0.4) is 0 Å². The second-order valence-electron chi connectivity index (χ2n) is 8.02. The summed E-state index contributed by atoms with van der Waals surface area (Å²) in [6, 6.07) is 25.2. The first-order valence-electron chi connectivity index (χ1n) is 10.6. The lowest BCUT2D eigenvalue weighted by Gasteiger charge is -2.49. The van der Waals surface area contributed by atoms with Crippen LogP contribution in [0.1, 0.15) is 36.7 Å². The molecule has 1 atom stereocenters. The number of nitrogens with zero attached hydrogens (tertiary/aromatic N) is 1. The lowest BCUT2D eigenvalue weighted by atomic mass is 9.91. The highest BCUT2D eigenvalue weighted by atomic mass is 16.5. The average Bonchev–Trinajstić information content (AvgIpc) is 2.77. The SMILES string of the molecule is CC(C)N1C(=O)c2ccccc2NC1(C)c1ccccc1OCCOc1ccccc1. The number of anilines is 1. The Hall–Kier alpha value is -3.47. The lowest BCUT2D eigenvalue weighted by molar-refractivity contribution is 0.0425. The van der Waals surface area contributed by atoms with Gasteiger partial charge in [0.05, 0.1) is 5.56 Å². The maximum Gasteiger partial charge on any atom is 0.258 e. The highest BCUT2D eigenvalue weighted by Gasteiger charge is 2.45. The van der Waals surface area contributed by atoms with E-state index in [9.17, 15) is 4.79 Å². The molecule has 1 unspecified atom stereocenters. The molecule has 1 heterocycles. The minimum absolute atomic E-state index is 0.00664. The number of amides is 1. The number of para-hydroxylation sites is 3. The molecule has 0 spiro atoms. The number of fused-ring (bicyclic) bond motifs is 1. The zero-order chi connectivity index (χ0) is 21.8. The van der Waals surface area contributed by atoms with Crippen LogP contribution in [-0.2, 0) is 5.66 Å². The van der Waals surface area contributed by atoms with Crippen LogP contribution in [0.2, 0.25) is 0 Å². The molecule has 1 N–H and O–H groups in total. The van der Waals surface area contributed by atoms with E-state index in [1.165, 1.54) is 0 Å². The first-order valence-corrected chi connectivity index (χ1v) is 10.6. The number of carbonyl (C=O) groups excluding carboxylic acids is 1.